The summed E-state index contributed by atoms with van der Waals surface area (Å²) in [7, 11) is 1.47. The summed E-state index contributed by atoms with van der Waals surface area (Å²) < 4.78 is 19.1. The molecule has 0 fully saturated rings. The third kappa shape index (κ3) is 1.75. The minimum atomic E-state index is -0.440. The Morgan fingerprint density at radius 2 is 2.16 bits per heavy atom. The smallest absolute Gasteiger partial charge is 0.183 e. The predicted molar refractivity (Wildman–Crippen MR) is 68.0 cm³/mol. The molecule has 0 spiro atoms. The van der Waals surface area contributed by atoms with Gasteiger partial charge in [0, 0.05) is 0 Å². The highest BCUT2D eigenvalue weighted by Gasteiger charge is 2.16. The van der Waals surface area contributed by atoms with Crippen LogP contribution in [0.2, 0.25) is 0 Å². The van der Waals surface area contributed by atoms with Gasteiger partial charge < -0.3 is 15.5 Å². The average molecular weight is 259 g/mol. The number of nitrogens with two attached hydrogens (primary N) is 1. The van der Waals surface area contributed by atoms with Gasteiger partial charge in [-0.3, -0.25) is 0 Å². The maximum Gasteiger partial charge on any atom is 0.183 e. The molecule has 19 heavy (non-hydrogen) atoms. The van der Waals surface area contributed by atoms with Crippen molar-refractivity contribution >= 4 is 17.0 Å². The van der Waals surface area contributed by atoms with Crippen LogP contribution in [0.3, 0.4) is 0 Å². The van der Waals surface area contributed by atoms with Gasteiger partial charge in [0.25, 0.3) is 0 Å². The van der Waals surface area contributed by atoms with Crippen molar-refractivity contribution in [1.82, 2.24) is 19.9 Å². The van der Waals surface area contributed by atoms with Crippen LogP contribution in [0.1, 0.15) is 0 Å². The van der Waals surface area contributed by atoms with Crippen molar-refractivity contribution in [3.05, 3.63) is 30.3 Å². The lowest BCUT2D eigenvalue weighted by molar-refractivity contribution is 0.413. The number of hydrogen-bond donors (Lipinski definition) is 2. The van der Waals surface area contributed by atoms with E-state index in [2.05, 4.69) is 19.9 Å². The number of rotatable bonds is 2. The SMILES string of the molecule is COc1cccc(F)c1-c1nc2ncnc(N)c2[nH]1. The van der Waals surface area contributed by atoms with Crippen LogP contribution in [0.15, 0.2) is 24.5 Å². The minimum absolute atomic E-state index is 0.238. The Hall–Kier alpha value is -2.70. The van der Waals surface area contributed by atoms with E-state index in [4.69, 9.17) is 10.5 Å². The van der Waals surface area contributed by atoms with E-state index < -0.39 is 5.82 Å². The van der Waals surface area contributed by atoms with Crippen molar-refractivity contribution in [2.45, 2.75) is 0 Å². The van der Waals surface area contributed by atoms with E-state index in [1.165, 1.54) is 19.5 Å². The normalized spacial score (nSPS) is 10.8. The number of ether oxygens (including phenoxy) is 1. The second kappa shape index (κ2) is 4.20. The van der Waals surface area contributed by atoms with Crippen LogP contribution in [-0.2, 0) is 0 Å². The summed E-state index contributed by atoms with van der Waals surface area (Å²) in [6, 6.07) is 4.55. The molecule has 0 unspecified atom stereocenters. The van der Waals surface area contributed by atoms with E-state index in [1.54, 1.807) is 12.1 Å². The van der Waals surface area contributed by atoms with Crippen LogP contribution in [-0.4, -0.2) is 27.0 Å². The second-order valence-electron chi connectivity index (χ2n) is 3.86. The molecule has 0 saturated heterocycles. The number of aromatic amines is 1. The van der Waals surface area contributed by atoms with E-state index in [1.807, 2.05) is 0 Å². The van der Waals surface area contributed by atoms with Gasteiger partial charge in [-0.25, -0.2) is 19.3 Å². The molecule has 0 atom stereocenters. The number of halogens is 1. The third-order valence-electron chi connectivity index (χ3n) is 2.75. The van der Waals surface area contributed by atoms with Gasteiger partial charge in [0.15, 0.2) is 11.5 Å². The number of imidazole rings is 1. The Kier molecular flexibility index (Phi) is 2.52. The van der Waals surface area contributed by atoms with Gasteiger partial charge in [-0.2, -0.15) is 0 Å². The van der Waals surface area contributed by atoms with Gasteiger partial charge in [-0.15, -0.1) is 0 Å². The third-order valence-corrected chi connectivity index (χ3v) is 2.75. The fourth-order valence-electron chi connectivity index (χ4n) is 1.87. The number of anilines is 1. The summed E-state index contributed by atoms with van der Waals surface area (Å²) in [5.41, 5.74) is 6.80. The maximum absolute atomic E-state index is 13.9. The average Bonchev–Trinajstić information content (AvgIpc) is 2.83. The van der Waals surface area contributed by atoms with Crippen molar-refractivity contribution in [1.29, 1.82) is 0 Å². The predicted octanol–water partition coefficient (Wildman–Crippen LogP) is 1.75. The summed E-state index contributed by atoms with van der Waals surface area (Å²) >= 11 is 0. The molecule has 0 aliphatic rings. The first-order chi connectivity index (χ1) is 9.20. The van der Waals surface area contributed by atoms with Crippen LogP contribution >= 0.6 is 0 Å². The molecular formula is C12H10FN5O. The standard InChI is InChI=1S/C12H10FN5O/c1-19-7-4-2-3-6(13)8(7)11-17-9-10(14)15-5-16-12(9)18-11/h2-5H,1H3,(H3,14,15,16,17,18). The zero-order valence-corrected chi connectivity index (χ0v) is 10.0. The van der Waals surface area contributed by atoms with E-state index in [9.17, 15) is 4.39 Å². The molecule has 0 aliphatic heterocycles. The lowest BCUT2D eigenvalue weighted by Crippen LogP contribution is -1.93. The topological polar surface area (TPSA) is 89.7 Å². The van der Waals surface area contributed by atoms with Gasteiger partial charge in [-0.1, -0.05) is 6.07 Å². The fourth-order valence-corrected chi connectivity index (χ4v) is 1.87. The van der Waals surface area contributed by atoms with Gasteiger partial charge in [0.2, 0.25) is 0 Å². The van der Waals surface area contributed by atoms with Gasteiger partial charge in [-0.05, 0) is 12.1 Å². The Morgan fingerprint density at radius 3 is 2.89 bits per heavy atom. The molecule has 0 bridgehead atoms. The Balaban J connectivity index is 2.28. The zero-order valence-electron chi connectivity index (χ0n) is 10.0. The highest BCUT2D eigenvalue weighted by atomic mass is 19.1. The van der Waals surface area contributed by atoms with Gasteiger partial charge in [0.05, 0.1) is 12.7 Å². The van der Waals surface area contributed by atoms with Crippen molar-refractivity contribution in [2.75, 3.05) is 12.8 Å². The van der Waals surface area contributed by atoms with Gasteiger partial charge >= 0.3 is 0 Å². The second-order valence-corrected chi connectivity index (χ2v) is 3.86. The van der Waals surface area contributed by atoms with E-state index in [0.717, 1.165) is 0 Å². The Morgan fingerprint density at radius 1 is 1.32 bits per heavy atom. The van der Waals surface area contributed by atoms with Crippen molar-refractivity contribution in [3.63, 3.8) is 0 Å². The molecule has 3 rings (SSSR count). The lowest BCUT2D eigenvalue weighted by atomic mass is 10.2. The molecule has 7 heteroatoms. The zero-order chi connectivity index (χ0) is 13.4. The van der Waals surface area contributed by atoms with Crippen molar-refractivity contribution in [2.24, 2.45) is 0 Å². The molecule has 1 aromatic carbocycles. The molecule has 96 valence electrons. The summed E-state index contributed by atoms with van der Waals surface area (Å²) in [5.74, 6) is 0.506. The van der Waals surface area contributed by atoms with Crippen LogP contribution in [0.4, 0.5) is 10.2 Å². The van der Waals surface area contributed by atoms with Gasteiger partial charge in [0.1, 0.15) is 29.2 Å². The number of nitrogen functional groups attached to an aromatic ring is 1. The van der Waals surface area contributed by atoms with E-state index in [0.29, 0.717) is 22.7 Å². The molecule has 3 N–H and O–H groups in total. The summed E-state index contributed by atoms with van der Waals surface area (Å²) in [5, 5.41) is 0. The number of hydrogen-bond acceptors (Lipinski definition) is 5. The highest BCUT2D eigenvalue weighted by molar-refractivity contribution is 5.85. The van der Waals surface area contributed by atoms with E-state index in [-0.39, 0.29) is 11.4 Å². The van der Waals surface area contributed by atoms with Crippen molar-refractivity contribution in [3.8, 4) is 17.1 Å². The number of nitrogens with one attached hydrogen (secondary N) is 1. The molecule has 0 radical (unpaired) electrons. The number of methoxy groups -OCH3 is 1. The molecule has 0 amide bonds. The quantitative estimate of drug-likeness (QED) is 0.731. The molecular weight excluding hydrogens is 249 g/mol. The van der Waals surface area contributed by atoms with Crippen LogP contribution in [0, 0.1) is 5.82 Å². The largest absolute Gasteiger partial charge is 0.496 e. The number of H-pyrrole nitrogens is 1. The number of fused-ring (bicyclic) bond motifs is 1. The molecule has 0 saturated carbocycles. The first-order valence-corrected chi connectivity index (χ1v) is 5.49. The maximum atomic E-state index is 13.9. The number of nitrogens with zero attached hydrogens (tertiary/aromatic N) is 3. The molecule has 2 heterocycles. The first kappa shape index (κ1) is 11.4. The Labute approximate surface area is 107 Å². The van der Waals surface area contributed by atoms with Crippen LogP contribution in [0.5, 0.6) is 5.75 Å². The van der Waals surface area contributed by atoms with Crippen molar-refractivity contribution < 1.29 is 9.13 Å². The monoisotopic (exact) mass is 259 g/mol. The molecule has 0 aliphatic carbocycles. The highest BCUT2D eigenvalue weighted by Crippen LogP contribution is 2.31. The summed E-state index contributed by atoms with van der Waals surface area (Å²) in [6.45, 7) is 0. The van der Waals surface area contributed by atoms with Crippen LogP contribution in [0.25, 0.3) is 22.6 Å². The summed E-state index contributed by atoms with van der Waals surface area (Å²) in [4.78, 5) is 14.9. The van der Waals surface area contributed by atoms with Crippen LogP contribution < -0.4 is 10.5 Å². The first-order valence-electron chi connectivity index (χ1n) is 5.49. The number of aromatic nitrogens is 4. The lowest BCUT2D eigenvalue weighted by Gasteiger charge is -2.06. The molecule has 6 nitrogen and oxygen atoms in total. The summed E-state index contributed by atoms with van der Waals surface area (Å²) in [6.07, 6.45) is 1.31. The Bertz CT molecular complexity index is 755. The molecule has 2 aromatic heterocycles. The minimum Gasteiger partial charge on any atom is -0.496 e. The number of benzene rings is 1. The van der Waals surface area contributed by atoms with E-state index >= 15 is 0 Å². The molecule has 3 aromatic rings. The fraction of sp³-hybridized carbons (Fsp3) is 0.0833.